The van der Waals surface area contributed by atoms with Crippen molar-refractivity contribution in [2.75, 3.05) is 6.61 Å². The van der Waals surface area contributed by atoms with Crippen molar-refractivity contribution in [2.45, 2.75) is 57.7 Å². The molecule has 2 rings (SSSR count). The molecule has 118 valence electrons. The van der Waals surface area contributed by atoms with Gasteiger partial charge in [-0.3, -0.25) is 0 Å². The second kappa shape index (κ2) is 7.19. The lowest BCUT2D eigenvalue weighted by Crippen LogP contribution is -2.32. The Labute approximate surface area is 136 Å². The lowest BCUT2D eigenvalue weighted by molar-refractivity contribution is 0.00114. The fourth-order valence-electron chi connectivity index (χ4n) is 2.60. The highest BCUT2D eigenvalue weighted by Gasteiger charge is 2.32. The number of aliphatic hydroxyl groups is 1. The Hall–Kier alpha value is -0.480. The minimum atomic E-state index is -0.717. The summed E-state index contributed by atoms with van der Waals surface area (Å²) in [7, 11) is 0. The van der Waals surface area contributed by atoms with Gasteiger partial charge in [0.15, 0.2) is 0 Å². The Bertz CT molecular complexity index is 485. The summed E-state index contributed by atoms with van der Waals surface area (Å²) >= 11 is 12.3. The zero-order chi connectivity index (χ0) is 15.5. The molecule has 0 spiro atoms. The third kappa shape index (κ3) is 4.75. The molecule has 1 aliphatic carbocycles. The second-order valence-corrected chi connectivity index (χ2v) is 6.98. The average Bonchev–Trinajstić information content (AvgIpc) is 2.82. The van der Waals surface area contributed by atoms with Crippen molar-refractivity contribution in [1.82, 2.24) is 5.32 Å². The summed E-state index contributed by atoms with van der Waals surface area (Å²) < 4.78 is 5.86. The van der Waals surface area contributed by atoms with Gasteiger partial charge < -0.3 is 15.2 Å². The fourth-order valence-corrected chi connectivity index (χ4v) is 3.19. The van der Waals surface area contributed by atoms with Crippen molar-refractivity contribution in [2.24, 2.45) is 0 Å². The van der Waals surface area contributed by atoms with E-state index in [4.69, 9.17) is 27.9 Å². The molecule has 1 saturated carbocycles. The van der Waals surface area contributed by atoms with Crippen LogP contribution in [0.15, 0.2) is 12.1 Å². The Morgan fingerprint density at radius 3 is 2.57 bits per heavy atom. The maximum atomic E-state index is 10.4. The van der Waals surface area contributed by atoms with Crippen molar-refractivity contribution < 1.29 is 9.84 Å². The van der Waals surface area contributed by atoms with Crippen LogP contribution in [0.4, 0.5) is 0 Å². The first-order valence-corrected chi connectivity index (χ1v) is 8.22. The first kappa shape index (κ1) is 16.9. The maximum absolute atomic E-state index is 10.4. The van der Waals surface area contributed by atoms with Crippen LogP contribution in [0.3, 0.4) is 0 Å². The molecule has 0 atom stereocenters. The van der Waals surface area contributed by atoms with Crippen LogP contribution in [0, 0.1) is 0 Å². The normalized spacial score (nSPS) is 17.4. The third-order valence-corrected chi connectivity index (χ3v) is 4.30. The summed E-state index contributed by atoms with van der Waals surface area (Å²) in [5.41, 5.74) is 0.203. The molecule has 0 unspecified atom stereocenters. The first-order chi connectivity index (χ1) is 9.89. The Morgan fingerprint density at radius 1 is 1.29 bits per heavy atom. The summed E-state index contributed by atoms with van der Waals surface area (Å²) in [6.07, 6.45) is 3.68. The van der Waals surface area contributed by atoms with Crippen molar-refractivity contribution in [3.8, 4) is 5.75 Å². The molecule has 0 saturated heterocycles. The Kier molecular flexibility index (Phi) is 5.78. The zero-order valence-electron chi connectivity index (χ0n) is 12.6. The van der Waals surface area contributed by atoms with Gasteiger partial charge in [-0.2, -0.15) is 0 Å². The predicted octanol–water partition coefficient (Wildman–Crippen LogP) is 4.18. The molecule has 1 aliphatic rings. The second-order valence-electron chi connectivity index (χ2n) is 6.13. The lowest BCUT2D eigenvalue weighted by Gasteiger charge is -2.24. The molecule has 5 heteroatoms. The van der Waals surface area contributed by atoms with E-state index in [0.29, 0.717) is 28.4 Å². The number of nitrogens with one attached hydrogen (secondary N) is 1. The lowest BCUT2D eigenvalue weighted by atomic mass is 10.0. The quantitative estimate of drug-likeness (QED) is 0.821. The molecule has 21 heavy (non-hydrogen) atoms. The van der Waals surface area contributed by atoms with Gasteiger partial charge in [-0.05, 0) is 25.0 Å². The number of hydrogen-bond acceptors (Lipinski definition) is 3. The maximum Gasteiger partial charge on any atom is 0.142 e. The van der Waals surface area contributed by atoms with E-state index in [2.05, 4.69) is 19.2 Å². The van der Waals surface area contributed by atoms with Crippen LogP contribution >= 0.6 is 23.2 Å². The number of hydrogen-bond donors (Lipinski definition) is 2. The summed E-state index contributed by atoms with van der Waals surface area (Å²) in [5, 5.41) is 14.8. The predicted molar refractivity (Wildman–Crippen MR) is 87.4 cm³/mol. The van der Waals surface area contributed by atoms with Crippen LogP contribution in [-0.4, -0.2) is 23.4 Å². The SMILES string of the molecule is CC(C)NCc1cc(Cl)cc(Cl)c1OCC1(O)CCCC1. The van der Waals surface area contributed by atoms with Gasteiger partial charge in [-0.1, -0.05) is 49.9 Å². The van der Waals surface area contributed by atoms with Crippen molar-refractivity contribution >= 4 is 23.2 Å². The van der Waals surface area contributed by atoms with E-state index in [-0.39, 0.29) is 6.61 Å². The number of halogens is 2. The van der Waals surface area contributed by atoms with Crippen LogP contribution < -0.4 is 10.1 Å². The molecule has 0 aliphatic heterocycles. The van der Waals surface area contributed by atoms with Gasteiger partial charge in [0, 0.05) is 23.2 Å². The molecule has 3 nitrogen and oxygen atoms in total. The molecule has 1 aromatic carbocycles. The molecule has 0 aromatic heterocycles. The summed E-state index contributed by atoms with van der Waals surface area (Å²) in [4.78, 5) is 0. The van der Waals surface area contributed by atoms with Gasteiger partial charge >= 0.3 is 0 Å². The highest BCUT2D eigenvalue weighted by Crippen LogP contribution is 2.35. The van der Waals surface area contributed by atoms with E-state index in [9.17, 15) is 5.11 Å². The van der Waals surface area contributed by atoms with Crippen LogP contribution in [0.5, 0.6) is 5.75 Å². The number of benzene rings is 1. The highest BCUT2D eigenvalue weighted by molar-refractivity contribution is 6.35. The van der Waals surface area contributed by atoms with Crippen molar-refractivity contribution in [1.29, 1.82) is 0 Å². The summed E-state index contributed by atoms with van der Waals surface area (Å²) in [6, 6.07) is 3.89. The van der Waals surface area contributed by atoms with Crippen LogP contribution in [0.1, 0.15) is 45.1 Å². The van der Waals surface area contributed by atoms with Gasteiger partial charge in [0.25, 0.3) is 0 Å². The molecular formula is C16H23Cl2NO2. The molecule has 1 fully saturated rings. The highest BCUT2D eigenvalue weighted by atomic mass is 35.5. The summed E-state index contributed by atoms with van der Waals surface area (Å²) in [6.45, 7) is 5.07. The van der Waals surface area contributed by atoms with Gasteiger partial charge in [-0.15, -0.1) is 0 Å². The largest absolute Gasteiger partial charge is 0.489 e. The van der Waals surface area contributed by atoms with E-state index in [1.807, 2.05) is 6.07 Å². The van der Waals surface area contributed by atoms with Gasteiger partial charge in [0.1, 0.15) is 12.4 Å². The van der Waals surface area contributed by atoms with Crippen LogP contribution in [0.2, 0.25) is 10.0 Å². The Morgan fingerprint density at radius 2 is 1.95 bits per heavy atom. The third-order valence-electron chi connectivity index (χ3n) is 3.81. The molecule has 1 aromatic rings. The fraction of sp³-hybridized carbons (Fsp3) is 0.625. The van der Waals surface area contributed by atoms with Gasteiger partial charge in [0.2, 0.25) is 0 Å². The Balaban J connectivity index is 2.12. The minimum Gasteiger partial charge on any atom is -0.489 e. The van der Waals surface area contributed by atoms with Crippen molar-refractivity contribution in [3.63, 3.8) is 0 Å². The van der Waals surface area contributed by atoms with E-state index >= 15 is 0 Å². The number of rotatable bonds is 6. The zero-order valence-corrected chi connectivity index (χ0v) is 14.1. The smallest absolute Gasteiger partial charge is 0.142 e. The van der Waals surface area contributed by atoms with Crippen LogP contribution in [-0.2, 0) is 6.54 Å². The van der Waals surface area contributed by atoms with E-state index in [1.165, 1.54) is 0 Å². The molecule has 0 radical (unpaired) electrons. The van der Waals surface area contributed by atoms with E-state index < -0.39 is 5.60 Å². The average molecular weight is 332 g/mol. The van der Waals surface area contributed by atoms with Crippen molar-refractivity contribution in [3.05, 3.63) is 27.7 Å². The topological polar surface area (TPSA) is 41.5 Å². The molecule has 0 bridgehead atoms. The van der Waals surface area contributed by atoms with E-state index in [1.54, 1.807) is 6.07 Å². The molecule has 2 N–H and O–H groups in total. The van der Waals surface area contributed by atoms with Gasteiger partial charge in [0.05, 0.1) is 10.6 Å². The van der Waals surface area contributed by atoms with E-state index in [0.717, 1.165) is 31.2 Å². The molecule has 0 heterocycles. The molecular weight excluding hydrogens is 309 g/mol. The summed E-state index contributed by atoms with van der Waals surface area (Å²) in [5.74, 6) is 0.620. The number of ether oxygens (including phenoxy) is 1. The molecule has 0 amide bonds. The van der Waals surface area contributed by atoms with Gasteiger partial charge in [-0.25, -0.2) is 0 Å². The van der Waals surface area contributed by atoms with Crippen LogP contribution in [0.25, 0.3) is 0 Å². The first-order valence-electron chi connectivity index (χ1n) is 7.46. The standard InChI is InChI=1S/C16H23Cl2NO2/c1-11(2)19-9-12-7-13(17)8-14(18)15(12)21-10-16(20)5-3-4-6-16/h7-8,11,19-20H,3-6,9-10H2,1-2H3. The monoisotopic (exact) mass is 331 g/mol. The minimum absolute atomic E-state index is 0.281.